The quantitative estimate of drug-likeness (QED) is 0.482. The molecule has 0 unspecified atom stereocenters. The van der Waals surface area contributed by atoms with Crippen LogP contribution in [0.15, 0.2) is 11.8 Å². The molecular formula is C26H42N2O6. The summed E-state index contributed by atoms with van der Waals surface area (Å²) in [6.07, 6.45) is 8.30. The fourth-order valence-electron chi connectivity index (χ4n) is 5.51. The Labute approximate surface area is 204 Å². The molecule has 0 radical (unpaired) electrons. The second kappa shape index (κ2) is 10.2. The van der Waals surface area contributed by atoms with Gasteiger partial charge < -0.3 is 24.0 Å². The highest BCUT2D eigenvalue weighted by Gasteiger charge is 2.45. The zero-order chi connectivity index (χ0) is 25.3. The van der Waals surface area contributed by atoms with Crippen molar-refractivity contribution in [3.63, 3.8) is 0 Å². The van der Waals surface area contributed by atoms with Crippen molar-refractivity contribution < 1.29 is 28.6 Å². The van der Waals surface area contributed by atoms with E-state index >= 15 is 0 Å². The third-order valence-electron chi connectivity index (χ3n) is 6.66. The normalized spacial score (nSPS) is 29.5. The van der Waals surface area contributed by atoms with Gasteiger partial charge in [0.25, 0.3) is 0 Å². The van der Waals surface area contributed by atoms with E-state index in [1.165, 1.54) is 5.57 Å². The average molecular weight is 479 g/mol. The number of rotatable bonds is 1. The third-order valence-corrected chi connectivity index (χ3v) is 6.66. The van der Waals surface area contributed by atoms with Crippen molar-refractivity contribution >= 4 is 18.0 Å². The highest BCUT2D eigenvalue weighted by Crippen LogP contribution is 2.39. The molecule has 0 aliphatic carbocycles. The molecule has 4 rings (SSSR count). The van der Waals surface area contributed by atoms with Gasteiger partial charge in [0.2, 0.25) is 0 Å². The molecule has 4 aliphatic heterocycles. The van der Waals surface area contributed by atoms with E-state index < -0.39 is 11.2 Å². The van der Waals surface area contributed by atoms with Crippen LogP contribution in [0.3, 0.4) is 0 Å². The van der Waals surface area contributed by atoms with Crippen molar-refractivity contribution in [1.82, 2.24) is 9.80 Å². The third kappa shape index (κ3) is 6.66. The van der Waals surface area contributed by atoms with Crippen LogP contribution in [0, 0.1) is 0 Å². The molecule has 0 aromatic heterocycles. The van der Waals surface area contributed by atoms with Crippen LogP contribution in [-0.2, 0) is 19.0 Å². The lowest BCUT2D eigenvalue weighted by Crippen LogP contribution is -2.48. The van der Waals surface area contributed by atoms with Crippen LogP contribution in [0.25, 0.3) is 0 Å². The molecule has 192 valence electrons. The minimum Gasteiger partial charge on any atom is -0.504 e. The van der Waals surface area contributed by atoms with E-state index in [1.54, 1.807) is 12.0 Å². The van der Waals surface area contributed by atoms with Crippen molar-refractivity contribution in [3.05, 3.63) is 11.8 Å². The predicted molar refractivity (Wildman–Crippen MR) is 128 cm³/mol. The van der Waals surface area contributed by atoms with Crippen LogP contribution < -0.4 is 0 Å². The first-order valence-electron chi connectivity index (χ1n) is 12.5. The summed E-state index contributed by atoms with van der Waals surface area (Å²) in [5.41, 5.74) is 0.432. The molecule has 8 nitrogen and oxygen atoms in total. The van der Waals surface area contributed by atoms with Crippen molar-refractivity contribution in [3.8, 4) is 0 Å². The fourth-order valence-corrected chi connectivity index (χ4v) is 5.51. The second-order valence-electron chi connectivity index (χ2n) is 11.9. The standard InChI is InChI=1S/C14H23NO3.C12H19NO3/c1-14(2,3)18-13(16)15-11-5-6-12(15)8-10(7-11)9-17-4;1-12(2,3)16-11(15)13-8-4-5-9(13)7-10(14)6-8/h9,11-12H,5-8H2,1-4H3;8-9H,4-7H2,1-3H3/t11-,12+;8-,9+. The summed E-state index contributed by atoms with van der Waals surface area (Å²) in [4.78, 5) is 39.3. The number of hydrogen-bond acceptors (Lipinski definition) is 6. The molecule has 0 saturated carbocycles. The van der Waals surface area contributed by atoms with Gasteiger partial charge in [0.05, 0.1) is 13.4 Å². The largest absolute Gasteiger partial charge is 0.504 e. The number of amides is 2. The lowest BCUT2D eigenvalue weighted by molar-refractivity contribution is -0.123. The number of nitrogens with zero attached hydrogens (tertiary/aromatic N) is 2. The Balaban J connectivity index is 0.000000192. The monoisotopic (exact) mass is 478 g/mol. The molecule has 4 bridgehead atoms. The second-order valence-corrected chi connectivity index (χ2v) is 11.9. The fraction of sp³-hybridized carbons (Fsp3) is 0.808. The molecule has 4 atom stereocenters. The topological polar surface area (TPSA) is 85.4 Å². The maximum Gasteiger partial charge on any atom is 0.410 e. The van der Waals surface area contributed by atoms with Crippen LogP contribution in [0.5, 0.6) is 0 Å². The first kappa shape index (κ1) is 26.4. The number of piperidine rings is 2. The maximum atomic E-state index is 12.2. The molecular weight excluding hydrogens is 436 g/mol. The molecule has 2 amide bonds. The van der Waals surface area contributed by atoms with Crippen molar-refractivity contribution in [1.29, 1.82) is 0 Å². The first-order valence-corrected chi connectivity index (χ1v) is 12.5. The van der Waals surface area contributed by atoms with Gasteiger partial charge >= 0.3 is 12.2 Å². The van der Waals surface area contributed by atoms with E-state index in [0.717, 1.165) is 38.5 Å². The Kier molecular flexibility index (Phi) is 7.88. The lowest BCUT2D eigenvalue weighted by atomic mass is 9.98. The van der Waals surface area contributed by atoms with E-state index in [2.05, 4.69) is 0 Å². The van der Waals surface area contributed by atoms with Gasteiger partial charge in [-0.15, -0.1) is 0 Å². The average Bonchev–Trinajstić information content (AvgIpc) is 3.11. The van der Waals surface area contributed by atoms with Crippen molar-refractivity contribution in [2.45, 2.75) is 128 Å². The number of hydrogen-bond donors (Lipinski definition) is 0. The lowest BCUT2D eigenvalue weighted by Gasteiger charge is -2.36. The first-order chi connectivity index (χ1) is 15.8. The highest BCUT2D eigenvalue weighted by atomic mass is 16.6. The highest BCUT2D eigenvalue weighted by molar-refractivity contribution is 5.83. The SMILES string of the molecule is CC(C)(C)OC(=O)N1[C@@H]2CC[C@H]1CC(=O)C2.COC=C1C[C@H]2CC[C@@H](C1)N2C(=O)OC(C)(C)C. The van der Waals surface area contributed by atoms with Gasteiger partial charge in [0.15, 0.2) is 0 Å². The molecule has 34 heavy (non-hydrogen) atoms. The van der Waals surface area contributed by atoms with Crippen LogP contribution in [0.2, 0.25) is 0 Å². The van der Waals surface area contributed by atoms with Gasteiger partial charge in [-0.25, -0.2) is 9.59 Å². The summed E-state index contributed by atoms with van der Waals surface area (Å²) in [5, 5.41) is 0. The summed E-state index contributed by atoms with van der Waals surface area (Å²) in [6, 6.07) is 0.752. The minimum absolute atomic E-state index is 0.0844. The molecule has 0 spiro atoms. The summed E-state index contributed by atoms with van der Waals surface area (Å²) in [6.45, 7) is 11.3. The van der Waals surface area contributed by atoms with Crippen molar-refractivity contribution in [2.75, 3.05) is 7.11 Å². The van der Waals surface area contributed by atoms with Gasteiger partial charge in [0, 0.05) is 37.0 Å². The Morgan fingerprint density at radius 1 is 0.735 bits per heavy atom. The van der Waals surface area contributed by atoms with Gasteiger partial charge in [0.1, 0.15) is 17.0 Å². The molecule has 4 aliphatic rings. The van der Waals surface area contributed by atoms with Crippen LogP contribution >= 0.6 is 0 Å². The van der Waals surface area contributed by atoms with Gasteiger partial charge in [-0.05, 0) is 85.6 Å². The van der Waals surface area contributed by atoms with E-state index in [1.807, 2.05) is 52.7 Å². The van der Waals surface area contributed by atoms with Crippen LogP contribution in [0.4, 0.5) is 9.59 Å². The number of fused-ring (bicyclic) bond motifs is 4. The Bertz CT molecular complexity index is 777. The van der Waals surface area contributed by atoms with Gasteiger partial charge in [-0.1, -0.05) is 0 Å². The minimum atomic E-state index is -0.460. The summed E-state index contributed by atoms with van der Waals surface area (Å²) < 4.78 is 15.9. The molecule has 8 heteroatoms. The molecule has 0 aromatic rings. The van der Waals surface area contributed by atoms with E-state index in [-0.39, 0.29) is 30.1 Å². The van der Waals surface area contributed by atoms with Crippen molar-refractivity contribution in [2.24, 2.45) is 0 Å². The van der Waals surface area contributed by atoms with Gasteiger partial charge in [-0.3, -0.25) is 4.79 Å². The number of ketones is 1. The maximum absolute atomic E-state index is 12.2. The van der Waals surface area contributed by atoms with Crippen LogP contribution in [0.1, 0.15) is 92.9 Å². The number of ether oxygens (including phenoxy) is 3. The van der Waals surface area contributed by atoms with Gasteiger partial charge in [-0.2, -0.15) is 0 Å². The van der Waals surface area contributed by atoms with E-state index in [0.29, 0.717) is 24.9 Å². The smallest absolute Gasteiger partial charge is 0.410 e. The number of Topliss-reactive ketones (excluding diaryl/α,β-unsaturated/α-hetero) is 1. The zero-order valence-corrected chi connectivity index (χ0v) is 21.9. The Morgan fingerprint density at radius 2 is 1.09 bits per heavy atom. The molecule has 4 saturated heterocycles. The zero-order valence-electron chi connectivity index (χ0n) is 21.9. The number of carbonyl (C=O) groups is 3. The predicted octanol–water partition coefficient (Wildman–Crippen LogP) is 5.20. The van der Waals surface area contributed by atoms with Crippen LogP contribution in [-0.4, -0.2) is 70.2 Å². The summed E-state index contributed by atoms with van der Waals surface area (Å²) in [5.74, 6) is 0.285. The summed E-state index contributed by atoms with van der Waals surface area (Å²) >= 11 is 0. The molecule has 4 heterocycles. The summed E-state index contributed by atoms with van der Waals surface area (Å²) in [7, 11) is 1.68. The molecule has 4 fully saturated rings. The Morgan fingerprint density at radius 3 is 1.41 bits per heavy atom. The number of carbonyl (C=O) groups excluding carboxylic acids is 3. The van der Waals surface area contributed by atoms with E-state index in [9.17, 15) is 14.4 Å². The molecule has 0 aromatic carbocycles. The Hall–Kier alpha value is -2.25. The number of methoxy groups -OCH3 is 1. The van der Waals surface area contributed by atoms with E-state index in [4.69, 9.17) is 14.2 Å². The molecule has 0 N–H and O–H groups in total.